The first-order valence-corrected chi connectivity index (χ1v) is 8.67. The number of anilines is 1. The molecule has 22 heavy (non-hydrogen) atoms. The molecule has 1 aromatic rings. The molecule has 2 aliphatic rings. The number of piperidine rings is 1. The van der Waals surface area contributed by atoms with Gasteiger partial charge in [-0.05, 0) is 37.5 Å². The summed E-state index contributed by atoms with van der Waals surface area (Å²) in [6.07, 6.45) is 5.40. The number of nitrogens with one attached hydrogen (secondary N) is 1. The molecule has 2 fully saturated rings. The molecule has 0 unspecified atom stereocenters. The summed E-state index contributed by atoms with van der Waals surface area (Å²) < 4.78 is 0. The number of nitrogens with zero attached hydrogens (tertiary/aromatic N) is 3. The normalized spacial score (nSPS) is 20.9. The van der Waals surface area contributed by atoms with E-state index in [9.17, 15) is 4.79 Å². The van der Waals surface area contributed by atoms with Crippen molar-refractivity contribution in [3.05, 3.63) is 28.8 Å². The van der Waals surface area contributed by atoms with Gasteiger partial charge in [-0.1, -0.05) is 23.4 Å². The number of rotatable bonds is 3. The van der Waals surface area contributed by atoms with Gasteiger partial charge in [-0.3, -0.25) is 4.79 Å². The molecule has 5 nitrogen and oxygen atoms in total. The van der Waals surface area contributed by atoms with Crippen molar-refractivity contribution in [2.45, 2.75) is 19.3 Å². The highest BCUT2D eigenvalue weighted by atomic mass is 35.5. The number of carbonyl (C=O) groups is 1. The summed E-state index contributed by atoms with van der Waals surface area (Å²) in [6, 6.07) is 6.00. The summed E-state index contributed by atoms with van der Waals surface area (Å²) in [6.45, 7) is 2.18. The Labute approximate surface area is 138 Å². The molecular formula is C15H17ClN4OS. The number of hydrogen-bond acceptors (Lipinski definition) is 5. The van der Waals surface area contributed by atoms with Crippen LogP contribution < -0.4 is 10.2 Å². The second kappa shape index (κ2) is 7.15. The van der Waals surface area contributed by atoms with Gasteiger partial charge < -0.3 is 10.2 Å². The Kier molecular flexibility index (Phi) is 5.00. The van der Waals surface area contributed by atoms with Crippen LogP contribution in [-0.2, 0) is 4.79 Å². The average molecular weight is 337 g/mol. The fourth-order valence-corrected chi connectivity index (χ4v) is 3.35. The molecule has 0 saturated carbocycles. The van der Waals surface area contributed by atoms with E-state index in [1.54, 1.807) is 6.21 Å². The van der Waals surface area contributed by atoms with E-state index in [4.69, 9.17) is 11.6 Å². The van der Waals surface area contributed by atoms with Gasteiger partial charge in [-0.25, -0.2) is 0 Å². The maximum atomic E-state index is 11.0. The van der Waals surface area contributed by atoms with Crippen LogP contribution in [0.4, 0.5) is 5.69 Å². The maximum Gasteiger partial charge on any atom is 0.236 e. The third-order valence-electron chi connectivity index (χ3n) is 3.64. The van der Waals surface area contributed by atoms with E-state index in [0.29, 0.717) is 15.9 Å². The van der Waals surface area contributed by atoms with Crippen molar-refractivity contribution in [2.75, 3.05) is 23.7 Å². The van der Waals surface area contributed by atoms with Gasteiger partial charge >= 0.3 is 0 Å². The monoisotopic (exact) mass is 336 g/mol. The maximum absolute atomic E-state index is 11.0. The first kappa shape index (κ1) is 15.4. The second-order valence-corrected chi connectivity index (χ2v) is 6.61. The van der Waals surface area contributed by atoms with Crippen molar-refractivity contribution >= 4 is 46.3 Å². The molecule has 0 spiro atoms. The van der Waals surface area contributed by atoms with Crippen LogP contribution in [-0.4, -0.2) is 36.1 Å². The molecule has 7 heteroatoms. The second-order valence-electron chi connectivity index (χ2n) is 5.24. The molecule has 1 amide bonds. The lowest BCUT2D eigenvalue weighted by Crippen LogP contribution is -2.29. The van der Waals surface area contributed by atoms with Crippen molar-refractivity contribution < 1.29 is 4.79 Å². The van der Waals surface area contributed by atoms with E-state index in [2.05, 4.69) is 26.5 Å². The molecule has 2 saturated heterocycles. The summed E-state index contributed by atoms with van der Waals surface area (Å²) >= 11 is 7.67. The van der Waals surface area contributed by atoms with Crippen molar-refractivity contribution in [3.63, 3.8) is 0 Å². The zero-order chi connectivity index (χ0) is 15.4. The lowest BCUT2D eigenvalue weighted by Gasteiger charge is -2.29. The fourth-order valence-electron chi connectivity index (χ4n) is 2.49. The molecule has 2 heterocycles. The average Bonchev–Trinajstić information content (AvgIpc) is 2.95. The fraction of sp³-hybridized carbons (Fsp3) is 0.400. The van der Waals surface area contributed by atoms with Gasteiger partial charge in [0.1, 0.15) is 0 Å². The van der Waals surface area contributed by atoms with E-state index in [0.717, 1.165) is 24.3 Å². The Balaban J connectivity index is 1.68. The lowest BCUT2D eigenvalue weighted by atomic mass is 10.1. The van der Waals surface area contributed by atoms with Crippen molar-refractivity contribution in [1.29, 1.82) is 0 Å². The van der Waals surface area contributed by atoms with Crippen LogP contribution in [0.1, 0.15) is 24.8 Å². The smallest absolute Gasteiger partial charge is 0.236 e. The molecule has 3 rings (SSSR count). The van der Waals surface area contributed by atoms with Crippen molar-refractivity contribution in [2.24, 2.45) is 10.2 Å². The number of amides is 1. The molecule has 2 aliphatic heterocycles. The van der Waals surface area contributed by atoms with Gasteiger partial charge in [-0.2, -0.15) is 5.10 Å². The van der Waals surface area contributed by atoms with Gasteiger partial charge in [0.15, 0.2) is 5.17 Å². The largest absolute Gasteiger partial charge is 0.371 e. The number of thioether (sulfide) groups is 1. The first-order chi connectivity index (χ1) is 10.7. The summed E-state index contributed by atoms with van der Waals surface area (Å²) in [5.74, 6) is 0.363. The Morgan fingerprint density at radius 1 is 1.27 bits per heavy atom. The van der Waals surface area contributed by atoms with Crippen LogP contribution in [0.3, 0.4) is 0 Å². The molecule has 116 valence electrons. The third-order valence-corrected chi connectivity index (χ3v) is 4.83. The van der Waals surface area contributed by atoms with Crippen LogP contribution >= 0.6 is 23.4 Å². The predicted molar refractivity (Wildman–Crippen MR) is 93.1 cm³/mol. The lowest BCUT2D eigenvalue weighted by molar-refractivity contribution is -0.116. The van der Waals surface area contributed by atoms with Crippen LogP contribution in [0.2, 0.25) is 5.02 Å². The first-order valence-electron chi connectivity index (χ1n) is 7.30. The highest BCUT2D eigenvalue weighted by molar-refractivity contribution is 8.15. The zero-order valence-electron chi connectivity index (χ0n) is 12.1. The van der Waals surface area contributed by atoms with Crippen LogP contribution in [0.15, 0.2) is 28.4 Å². The summed E-state index contributed by atoms with van der Waals surface area (Å²) in [5.41, 5.74) is 1.98. The minimum absolute atomic E-state index is 0.0390. The molecular weight excluding hydrogens is 320 g/mol. The van der Waals surface area contributed by atoms with E-state index in [1.165, 1.54) is 31.0 Å². The van der Waals surface area contributed by atoms with E-state index in [1.807, 2.05) is 12.1 Å². The van der Waals surface area contributed by atoms with Crippen molar-refractivity contribution in [3.8, 4) is 0 Å². The predicted octanol–water partition coefficient (Wildman–Crippen LogP) is 2.88. The van der Waals surface area contributed by atoms with Gasteiger partial charge in [-0.15, -0.1) is 5.10 Å². The molecule has 0 aliphatic carbocycles. The molecule has 0 atom stereocenters. The minimum Gasteiger partial charge on any atom is -0.371 e. The standard InChI is InChI=1S/C15H17ClN4OS/c16-13-8-12(20-6-2-1-3-7-20)5-4-11(13)9-17-19-15-18-14(21)10-22-15/h4-5,8-9H,1-3,6-7,10H2,(H,18,19,21). The van der Waals surface area contributed by atoms with Crippen LogP contribution in [0.5, 0.6) is 0 Å². The molecule has 0 aromatic heterocycles. The Bertz CT molecular complexity index is 626. The van der Waals surface area contributed by atoms with E-state index in [-0.39, 0.29) is 5.91 Å². The molecule has 1 N–H and O–H groups in total. The number of amidine groups is 1. The Morgan fingerprint density at radius 2 is 2.09 bits per heavy atom. The van der Waals surface area contributed by atoms with Gasteiger partial charge in [0.2, 0.25) is 5.91 Å². The Hall–Kier alpha value is -1.53. The molecule has 0 radical (unpaired) electrons. The highest BCUT2D eigenvalue weighted by Crippen LogP contribution is 2.25. The molecule has 1 aromatic carbocycles. The summed E-state index contributed by atoms with van der Waals surface area (Å²) in [7, 11) is 0. The quantitative estimate of drug-likeness (QED) is 0.682. The molecule has 0 bridgehead atoms. The van der Waals surface area contributed by atoms with E-state index < -0.39 is 0 Å². The number of benzene rings is 1. The van der Waals surface area contributed by atoms with Gasteiger partial charge in [0.05, 0.1) is 17.0 Å². The topological polar surface area (TPSA) is 57.1 Å². The Morgan fingerprint density at radius 3 is 2.77 bits per heavy atom. The summed E-state index contributed by atoms with van der Waals surface area (Å²) in [5, 5.41) is 11.8. The van der Waals surface area contributed by atoms with Crippen LogP contribution in [0, 0.1) is 0 Å². The number of carbonyl (C=O) groups excluding carboxylic acids is 1. The van der Waals surface area contributed by atoms with Crippen LogP contribution in [0.25, 0.3) is 0 Å². The summed E-state index contributed by atoms with van der Waals surface area (Å²) in [4.78, 5) is 13.4. The third kappa shape index (κ3) is 3.81. The number of halogens is 1. The highest BCUT2D eigenvalue weighted by Gasteiger charge is 2.16. The minimum atomic E-state index is -0.0390. The number of hydrogen-bond donors (Lipinski definition) is 1. The van der Waals surface area contributed by atoms with Gasteiger partial charge in [0.25, 0.3) is 0 Å². The van der Waals surface area contributed by atoms with Crippen molar-refractivity contribution in [1.82, 2.24) is 5.32 Å². The SMILES string of the molecule is O=C1CSC(=NN=Cc2ccc(N3CCCCC3)cc2Cl)N1. The zero-order valence-corrected chi connectivity index (χ0v) is 13.7. The van der Waals surface area contributed by atoms with E-state index >= 15 is 0 Å². The van der Waals surface area contributed by atoms with Gasteiger partial charge in [0, 0.05) is 24.3 Å².